The van der Waals surface area contributed by atoms with Crippen molar-refractivity contribution < 1.29 is 4.43 Å². The predicted octanol–water partition coefficient (Wildman–Crippen LogP) is 1.26. The molecule has 7 heavy (non-hydrogen) atoms. The van der Waals surface area contributed by atoms with E-state index in [1.807, 2.05) is 6.92 Å². The van der Waals surface area contributed by atoms with Crippen molar-refractivity contribution in [2.45, 2.75) is 25.5 Å². The van der Waals surface area contributed by atoms with Crippen molar-refractivity contribution in [3.05, 3.63) is 0 Å². The molecule has 0 rings (SSSR count). The predicted molar refractivity (Wildman–Crippen MR) is 38.4 cm³/mol. The summed E-state index contributed by atoms with van der Waals surface area (Å²) in [5, 5.41) is 0. The van der Waals surface area contributed by atoms with Crippen molar-refractivity contribution >= 4 is 21.7 Å². The number of hydrogen-bond acceptors (Lipinski definition) is 2. The molecule has 0 aromatic heterocycles. The summed E-state index contributed by atoms with van der Waals surface area (Å²) in [6.45, 7) is 6.20. The lowest BCUT2D eigenvalue weighted by Crippen LogP contribution is -2.11. The van der Waals surface area contributed by atoms with Crippen LogP contribution in [0.4, 0.5) is 0 Å². The molecule has 0 saturated heterocycles. The van der Waals surface area contributed by atoms with E-state index in [0.717, 1.165) is 0 Å². The van der Waals surface area contributed by atoms with Crippen LogP contribution in [-0.4, -0.2) is 14.5 Å². The molecule has 44 valence electrons. The van der Waals surface area contributed by atoms with Crippen molar-refractivity contribution in [3.8, 4) is 0 Å². The smallest absolute Gasteiger partial charge is 0.172 e. The molecule has 0 radical (unpaired) electrons. The van der Waals surface area contributed by atoms with Gasteiger partial charge in [0.1, 0.15) is 0 Å². The first-order chi connectivity index (χ1) is 3.13. The van der Waals surface area contributed by atoms with Gasteiger partial charge < -0.3 is 4.43 Å². The minimum atomic E-state index is -0.805. The van der Waals surface area contributed by atoms with Gasteiger partial charge in [0.05, 0.1) is 5.44 Å². The maximum absolute atomic E-state index is 5.25. The molecule has 0 spiro atoms. The lowest BCUT2D eigenvalue weighted by molar-refractivity contribution is 0.318. The summed E-state index contributed by atoms with van der Waals surface area (Å²) in [5.74, 6) is 0. The second kappa shape index (κ2) is 3.52. The lowest BCUT2D eigenvalue weighted by atomic mass is 10.9. The molecule has 0 aliphatic carbocycles. The summed E-state index contributed by atoms with van der Waals surface area (Å²) in [7, 11) is -0.805. The molecule has 1 atom stereocenters. The molecule has 0 fully saturated rings. The molecular weight excluding hydrogens is 124 g/mol. The molecule has 0 saturated carbocycles. The van der Waals surface area contributed by atoms with E-state index in [1.54, 1.807) is 0 Å². The summed E-state index contributed by atoms with van der Waals surface area (Å²) < 4.78 is 5.25. The zero-order valence-corrected chi connectivity index (χ0v) is 7.06. The first-order valence-corrected chi connectivity index (χ1v) is 5.76. The van der Waals surface area contributed by atoms with E-state index >= 15 is 0 Å². The fourth-order valence-electron chi connectivity index (χ4n) is 0.394. The molecule has 0 bridgehead atoms. The summed E-state index contributed by atoms with van der Waals surface area (Å²) in [4.78, 5) is 0. The van der Waals surface area contributed by atoms with Gasteiger partial charge >= 0.3 is 0 Å². The molecule has 0 heterocycles. The Morgan fingerprint density at radius 3 is 2.00 bits per heavy atom. The largest absolute Gasteiger partial charge is 0.409 e. The SMILES string of the molecule is CC(S)O[SiH](C)C. The van der Waals surface area contributed by atoms with Crippen LogP contribution in [0.25, 0.3) is 0 Å². The standard InChI is InChI=1S/C4H12OSSi/c1-4(6)5-7(2)3/h4,6-7H,1-3H3. The molecule has 0 N–H and O–H groups in total. The highest BCUT2D eigenvalue weighted by atomic mass is 32.1. The second-order valence-corrected chi connectivity index (χ2v) is 4.88. The maximum Gasteiger partial charge on any atom is 0.172 e. The van der Waals surface area contributed by atoms with Crippen LogP contribution in [0.5, 0.6) is 0 Å². The molecule has 0 aromatic rings. The average Bonchev–Trinajstić information content (AvgIpc) is 1.27. The average molecular weight is 136 g/mol. The number of rotatable bonds is 2. The van der Waals surface area contributed by atoms with Crippen LogP contribution < -0.4 is 0 Å². The minimum Gasteiger partial charge on any atom is -0.409 e. The molecule has 3 heteroatoms. The second-order valence-electron chi connectivity index (χ2n) is 1.78. The van der Waals surface area contributed by atoms with Gasteiger partial charge in [0.15, 0.2) is 9.04 Å². The van der Waals surface area contributed by atoms with Gasteiger partial charge in [0, 0.05) is 0 Å². The van der Waals surface area contributed by atoms with E-state index in [-0.39, 0.29) is 5.44 Å². The van der Waals surface area contributed by atoms with E-state index in [0.29, 0.717) is 0 Å². The highest BCUT2D eigenvalue weighted by Gasteiger charge is 1.96. The lowest BCUT2D eigenvalue weighted by Gasteiger charge is -2.07. The first-order valence-electron chi connectivity index (χ1n) is 2.46. The van der Waals surface area contributed by atoms with E-state index in [9.17, 15) is 0 Å². The summed E-state index contributed by atoms with van der Waals surface area (Å²) in [6, 6.07) is 0. The molecule has 0 aliphatic rings. The maximum atomic E-state index is 5.25. The van der Waals surface area contributed by atoms with Gasteiger partial charge in [0.2, 0.25) is 0 Å². The van der Waals surface area contributed by atoms with Crippen LogP contribution in [0.2, 0.25) is 13.1 Å². The normalized spacial score (nSPS) is 15.0. The van der Waals surface area contributed by atoms with Crippen LogP contribution in [0.1, 0.15) is 6.92 Å². The quantitative estimate of drug-likeness (QED) is 0.342. The summed E-state index contributed by atoms with van der Waals surface area (Å²) >= 11 is 4.05. The summed E-state index contributed by atoms with van der Waals surface area (Å²) in [5.41, 5.74) is 0.131. The Hall–Kier alpha value is 0.527. The summed E-state index contributed by atoms with van der Waals surface area (Å²) in [6.07, 6.45) is 0. The van der Waals surface area contributed by atoms with Crippen molar-refractivity contribution in [2.75, 3.05) is 0 Å². The molecule has 0 amide bonds. The van der Waals surface area contributed by atoms with Crippen molar-refractivity contribution in [3.63, 3.8) is 0 Å². The van der Waals surface area contributed by atoms with Gasteiger partial charge in [0.25, 0.3) is 0 Å². The molecule has 1 unspecified atom stereocenters. The zero-order chi connectivity index (χ0) is 5.86. The third kappa shape index (κ3) is 6.53. The van der Waals surface area contributed by atoms with Gasteiger partial charge in [-0.2, -0.15) is 0 Å². The van der Waals surface area contributed by atoms with Gasteiger partial charge in [-0.1, -0.05) is 0 Å². The minimum absolute atomic E-state index is 0.131. The van der Waals surface area contributed by atoms with Crippen LogP contribution in [0.15, 0.2) is 0 Å². The highest BCUT2D eigenvalue weighted by Crippen LogP contribution is 1.96. The Balaban J connectivity index is 2.95. The number of hydrogen-bond donors (Lipinski definition) is 1. The van der Waals surface area contributed by atoms with Gasteiger partial charge in [-0.25, -0.2) is 0 Å². The van der Waals surface area contributed by atoms with E-state index in [2.05, 4.69) is 25.7 Å². The van der Waals surface area contributed by atoms with E-state index < -0.39 is 9.04 Å². The van der Waals surface area contributed by atoms with E-state index in [4.69, 9.17) is 4.43 Å². The van der Waals surface area contributed by atoms with E-state index in [1.165, 1.54) is 0 Å². The fourth-order valence-corrected chi connectivity index (χ4v) is 1.91. The van der Waals surface area contributed by atoms with Crippen LogP contribution in [0.3, 0.4) is 0 Å². The Bertz CT molecular complexity index is 41.0. The van der Waals surface area contributed by atoms with Gasteiger partial charge in [-0.15, -0.1) is 12.6 Å². The van der Waals surface area contributed by atoms with Crippen LogP contribution in [0, 0.1) is 0 Å². The zero-order valence-electron chi connectivity index (χ0n) is 5.01. The Kier molecular flexibility index (Phi) is 3.78. The molecule has 0 aliphatic heterocycles. The molecule has 1 nitrogen and oxygen atoms in total. The van der Waals surface area contributed by atoms with Gasteiger partial charge in [-0.3, -0.25) is 0 Å². The molecule has 0 aromatic carbocycles. The Morgan fingerprint density at radius 2 is 2.00 bits per heavy atom. The monoisotopic (exact) mass is 136 g/mol. The van der Waals surface area contributed by atoms with Gasteiger partial charge in [-0.05, 0) is 20.0 Å². The van der Waals surface area contributed by atoms with Crippen molar-refractivity contribution in [1.82, 2.24) is 0 Å². The highest BCUT2D eigenvalue weighted by molar-refractivity contribution is 7.80. The molecular formula is C4H12OSSi. The topological polar surface area (TPSA) is 9.23 Å². The fraction of sp³-hybridized carbons (Fsp3) is 1.00. The van der Waals surface area contributed by atoms with Crippen molar-refractivity contribution in [2.24, 2.45) is 0 Å². The first kappa shape index (κ1) is 7.53. The van der Waals surface area contributed by atoms with Crippen molar-refractivity contribution in [1.29, 1.82) is 0 Å². The third-order valence-electron chi connectivity index (χ3n) is 0.469. The van der Waals surface area contributed by atoms with Crippen LogP contribution in [-0.2, 0) is 4.43 Å². The third-order valence-corrected chi connectivity index (χ3v) is 1.77. The Morgan fingerprint density at radius 1 is 1.57 bits per heavy atom. The van der Waals surface area contributed by atoms with Crippen LogP contribution >= 0.6 is 12.6 Å². The Labute approximate surface area is 52.2 Å². The number of thiol groups is 1.